The van der Waals surface area contributed by atoms with Crippen LogP contribution in [0, 0.1) is 5.41 Å². The Kier molecular flexibility index (Phi) is 4.60. The molecule has 0 unspecified atom stereocenters. The SMILES string of the molecule is CN(C)C(=O)CCN=C(N)C(C)(C)C. The molecule has 82 valence electrons. The molecule has 1 amide bonds. The van der Waals surface area contributed by atoms with Gasteiger partial charge in [-0.05, 0) is 0 Å². The first-order valence-corrected chi connectivity index (χ1v) is 4.75. The van der Waals surface area contributed by atoms with E-state index in [1.807, 2.05) is 20.8 Å². The normalized spacial score (nSPS) is 12.8. The summed E-state index contributed by atoms with van der Waals surface area (Å²) < 4.78 is 0. The molecule has 0 saturated carbocycles. The fourth-order valence-corrected chi connectivity index (χ4v) is 0.733. The molecule has 0 fully saturated rings. The number of hydrogen-bond acceptors (Lipinski definition) is 2. The van der Waals surface area contributed by atoms with Crippen molar-refractivity contribution in [2.45, 2.75) is 27.2 Å². The van der Waals surface area contributed by atoms with Gasteiger partial charge in [-0.25, -0.2) is 0 Å². The van der Waals surface area contributed by atoms with Crippen molar-refractivity contribution >= 4 is 11.7 Å². The Bertz CT molecular complexity index is 226. The van der Waals surface area contributed by atoms with Gasteiger partial charge in [0.1, 0.15) is 0 Å². The second-order valence-electron chi connectivity index (χ2n) is 4.56. The van der Waals surface area contributed by atoms with Gasteiger partial charge in [0.2, 0.25) is 5.91 Å². The second kappa shape index (κ2) is 4.98. The molecule has 14 heavy (non-hydrogen) atoms. The van der Waals surface area contributed by atoms with Gasteiger partial charge in [-0.1, -0.05) is 20.8 Å². The largest absolute Gasteiger partial charge is 0.387 e. The molecule has 0 bridgehead atoms. The minimum Gasteiger partial charge on any atom is -0.387 e. The number of amidine groups is 1. The topological polar surface area (TPSA) is 58.7 Å². The number of amides is 1. The summed E-state index contributed by atoms with van der Waals surface area (Å²) in [5, 5.41) is 0. The average molecular weight is 199 g/mol. The van der Waals surface area contributed by atoms with Crippen molar-refractivity contribution in [3.05, 3.63) is 0 Å². The molecule has 4 heteroatoms. The first-order valence-electron chi connectivity index (χ1n) is 4.75. The highest BCUT2D eigenvalue weighted by atomic mass is 16.2. The van der Waals surface area contributed by atoms with Crippen LogP contribution in [0.3, 0.4) is 0 Å². The highest BCUT2D eigenvalue weighted by Crippen LogP contribution is 2.12. The zero-order valence-corrected chi connectivity index (χ0v) is 9.79. The maximum absolute atomic E-state index is 11.2. The molecule has 0 aliphatic carbocycles. The van der Waals surface area contributed by atoms with Crippen LogP contribution in [0.4, 0.5) is 0 Å². The third-order valence-electron chi connectivity index (χ3n) is 1.88. The van der Waals surface area contributed by atoms with E-state index in [2.05, 4.69) is 4.99 Å². The average Bonchev–Trinajstić information content (AvgIpc) is 2.01. The van der Waals surface area contributed by atoms with Crippen molar-refractivity contribution in [1.82, 2.24) is 4.90 Å². The zero-order valence-electron chi connectivity index (χ0n) is 9.79. The van der Waals surface area contributed by atoms with Crippen LogP contribution in [0.15, 0.2) is 4.99 Å². The maximum Gasteiger partial charge on any atom is 0.223 e. The molecule has 0 aromatic rings. The quantitative estimate of drug-likeness (QED) is 0.541. The number of hydrogen-bond donors (Lipinski definition) is 1. The molecule has 0 aromatic heterocycles. The van der Waals surface area contributed by atoms with Gasteiger partial charge in [0.15, 0.2) is 0 Å². The zero-order chi connectivity index (χ0) is 11.4. The lowest BCUT2D eigenvalue weighted by molar-refractivity contribution is -0.128. The van der Waals surface area contributed by atoms with Crippen LogP contribution in [0.2, 0.25) is 0 Å². The molecule has 0 saturated heterocycles. The smallest absolute Gasteiger partial charge is 0.223 e. The minimum absolute atomic E-state index is 0.0791. The number of rotatable bonds is 3. The summed E-state index contributed by atoms with van der Waals surface area (Å²) in [5.74, 6) is 0.680. The lowest BCUT2D eigenvalue weighted by atomic mass is 9.95. The number of carbonyl (C=O) groups is 1. The summed E-state index contributed by atoms with van der Waals surface area (Å²) in [6.45, 7) is 6.47. The fraction of sp³-hybridized carbons (Fsp3) is 0.800. The van der Waals surface area contributed by atoms with Gasteiger partial charge in [-0.2, -0.15) is 0 Å². The van der Waals surface area contributed by atoms with E-state index in [-0.39, 0.29) is 11.3 Å². The van der Waals surface area contributed by atoms with Crippen molar-refractivity contribution in [2.75, 3.05) is 20.6 Å². The van der Waals surface area contributed by atoms with Crippen molar-refractivity contribution < 1.29 is 4.79 Å². The van der Waals surface area contributed by atoms with E-state index < -0.39 is 0 Å². The number of nitrogens with zero attached hydrogens (tertiary/aromatic N) is 2. The number of carbonyl (C=O) groups excluding carboxylic acids is 1. The van der Waals surface area contributed by atoms with E-state index >= 15 is 0 Å². The van der Waals surface area contributed by atoms with Gasteiger partial charge in [0.25, 0.3) is 0 Å². The first-order chi connectivity index (χ1) is 6.25. The van der Waals surface area contributed by atoms with Gasteiger partial charge in [0, 0.05) is 32.5 Å². The number of nitrogens with two attached hydrogens (primary N) is 1. The monoisotopic (exact) mass is 199 g/mol. The van der Waals surface area contributed by atoms with E-state index in [0.717, 1.165) is 0 Å². The predicted molar refractivity (Wildman–Crippen MR) is 59.3 cm³/mol. The van der Waals surface area contributed by atoms with E-state index in [1.165, 1.54) is 0 Å². The van der Waals surface area contributed by atoms with Gasteiger partial charge < -0.3 is 10.6 Å². The van der Waals surface area contributed by atoms with Crippen LogP contribution < -0.4 is 5.73 Å². The van der Waals surface area contributed by atoms with Gasteiger partial charge in [0.05, 0.1) is 5.84 Å². The lowest BCUT2D eigenvalue weighted by Gasteiger charge is -2.17. The van der Waals surface area contributed by atoms with Gasteiger partial charge in [-0.3, -0.25) is 9.79 Å². The predicted octanol–water partition coefficient (Wildman–Crippen LogP) is 0.868. The first kappa shape index (κ1) is 12.9. The Labute approximate surface area is 86.2 Å². The molecule has 0 rings (SSSR count). The third-order valence-corrected chi connectivity index (χ3v) is 1.88. The summed E-state index contributed by atoms with van der Waals surface area (Å²) in [7, 11) is 3.47. The maximum atomic E-state index is 11.2. The van der Waals surface area contributed by atoms with Crippen molar-refractivity contribution in [2.24, 2.45) is 16.1 Å². The number of aliphatic imine (C=N–C) groups is 1. The van der Waals surface area contributed by atoms with Crippen LogP contribution in [0.1, 0.15) is 27.2 Å². The lowest BCUT2D eigenvalue weighted by Crippen LogP contribution is -2.29. The van der Waals surface area contributed by atoms with E-state index in [4.69, 9.17) is 5.73 Å². The molecule has 0 radical (unpaired) electrons. The summed E-state index contributed by atoms with van der Waals surface area (Å²) >= 11 is 0. The van der Waals surface area contributed by atoms with E-state index in [1.54, 1.807) is 19.0 Å². The molecule has 0 spiro atoms. The van der Waals surface area contributed by atoms with Crippen LogP contribution in [-0.4, -0.2) is 37.3 Å². The van der Waals surface area contributed by atoms with E-state index in [9.17, 15) is 4.79 Å². The summed E-state index contributed by atoms with van der Waals surface area (Å²) in [5.41, 5.74) is 5.63. The molecule has 0 atom stereocenters. The Hall–Kier alpha value is -1.06. The Morgan fingerprint density at radius 2 is 1.86 bits per heavy atom. The van der Waals surface area contributed by atoms with Gasteiger partial charge in [-0.15, -0.1) is 0 Å². The second-order valence-corrected chi connectivity index (χ2v) is 4.56. The van der Waals surface area contributed by atoms with Crippen LogP contribution >= 0.6 is 0 Å². The van der Waals surface area contributed by atoms with Crippen LogP contribution in [0.5, 0.6) is 0 Å². The highest BCUT2D eigenvalue weighted by Gasteiger charge is 2.15. The minimum atomic E-state index is -0.110. The molecule has 0 aliphatic rings. The third kappa shape index (κ3) is 4.84. The fourth-order valence-electron chi connectivity index (χ4n) is 0.733. The molecule has 0 aliphatic heterocycles. The molecular formula is C10H21N3O. The van der Waals surface area contributed by atoms with Crippen molar-refractivity contribution in [1.29, 1.82) is 0 Å². The Morgan fingerprint density at radius 3 is 2.21 bits per heavy atom. The highest BCUT2D eigenvalue weighted by molar-refractivity contribution is 5.85. The molecule has 2 N–H and O–H groups in total. The van der Waals surface area contributed by atoms with Crippen LogP contribution in [0.25, 0.3) is 0 Å². The Balaban J connectivity index is 4.01. The van der Waals surface area contributed by atoms with Crippen molar-refractivity contribution in [3.63, 3.8) is 0 Å². The van der Waals surface area contributed by atoms with E-state index in [0.29, 0.717) is 18.8 Å². The van der Waals surface area contributed by atoms with Gasteiger partial charge >= 0.3 is 0 Å². The Morgan fingerprint density at radius 1 is 1.36 bits per heavy atom. The molecule has 0 aromatic carbocycles. The summed E-state index contributed by atoms with van der Waals surface area (Å²) in [4.78, 5) is 16.9. The molecular weight excluding hydrogens is 178 g/mol. The standard InChI is InChI=1S/C10H21N3O/c1-10(2,3)9(11)12-7-6-8(14)13(4)5/h6-7H2,1-5H3,(H2,11,12). The van der Waals surface area contributed by atoms with Crippen molar-refractivity contribution in [3.8, 4) is 0 Å². The summed E-state index contributed by atoms with van der Waals surface area (Å²) in [6, 6.07) is 0. The van der Waals surface area contributed by atoms with Crippen LogP contribution in [-0.2, 0) is 4.79 Å². The molecule has 4 nitrogen and oxygen atoms in total. The molecule has 0 heterocycles. The summed E-state index contributed by atoms with van der Waals surface area (Å²) in [6.07, 6.45) is 0.420.